The molecule has 0 aliphatic heterocycles. The molecule has 9 heavy (non-hydrogen) atoms. The van der Waals surface area contributed by atoms with Crippen molar-refractivity contribution in [2.24, 2.45) is 0 Å². The standard InChI is InChI=1S/C8H16N/c1-3-5-6-7-8-9-4-2/h7-9H,1,3-6H2,2H3/b8-7+. The molecule has 0 aromatic heterocycles. The molecule has 0 fully saturated rings. The van der Waals surface area contributed by atoms with Crippen LogP contribution in [0.4, 0.5) is 0 Å². The van der Waals surface area contributed by atoms with Crippen molar-refractivity contribution < 1.29 is 0 Å². The van der Waals surface area contributed by atoms with Crippen LogP contribution in [0.25, 0.3) is 0 Å². The molecule has 1 heteroatoms. The maximum absolute atomic E-state index is 3.75. The SMILES string of the molecule is [CH2]CCC/C=C/NCC. The van der Waals surface area contributed by atoms with Gasteiger partial charge in [-0.3, -0.25) is 0 Å². The molecule has 1 radical (unpaired) electrons. The Morgan fingerprint density at radius 2 is 2.33 bits per heavy atom. The minimum Gasteiger partial charge on any atom is -0.391 e. The van der Waals surface area contributed by atoms with E-state index in [0.29, 0.717) is 0 Å². The summed E-state index contributed by atoms with van der Waals surface area (Å²) in [6, 6.07) is 0. The molecule has 0 aromatic carbocycles. The second-order valence-corrected chi connectivity index (χ2v) is 1.96. The lowest BCUT2D eigenvalue weighted by Gasteiger charge is -1.90. The van der Waals surface area contributed by atoms with Crippen molar-refractivity contribution in [1.29, 1.82) is 0 Å². The van der Waals surface area contributed by atoms with E-state index in [1.54, 1.807) is 0 Å². The van der Waals surface area contributed by atoms with Crippen molar-refractivity contribution in [1.82, 2.24) is 5.32 Å². The fourth-order valence-electron chi connectivity index (χ4n) is 0.547. The first-order valence-electron chi connectivity index (χ1n) is 3.59. The predicted molar refractivity (Wildman–Crippen MR) is 42.0 cm³/mol. The van der Waals surface area contributed by atoms with Crippen LogP contribution in [0.1, 0.15) is 26.2 Å². The summed E-state index contributed by atoms with van der Waals surface area (Å²) in [6.45, 7) is 6.85. The van der Waals surface area contributed by atoms with Gasteiger partial charge in [-0.15, -0.1) is 0 Å². The molecule has 1 N–H and O–H groups in total. The van der Waals surface area contributed by atoms with Crippen LogP contribution in [-0.2, 0) is 0 Å². The van der Waals surface area contributed by atoms with Gasteiger partial charge in [0.15, 0.2) is 0 Å². The number of unbranched alkanes of at least 4 members (excludes halogenated alkanes) is 2. The van der Waals surface area contributed by atoms with Gasteiger partial charge >= 0.3 is 0 Å². The van der Waals surface area contributed by atoms with E-state index in [4.69, 9.17) is 0 Å². The Kier molecular flexibility index (Phi) is 7.15. The molecule has 1 nitrogen and oxygen atoms in total. The highest BCUT2D eigenvalue weighted by Gasteiger charge is 1.75. The lowest BCUT2D eigenvalue weighted by atomic mass is 10.2. The Morgan fingerprint density at radius 1 is 1.56 bits per heavy atom. The fourth-order valence-corrected chi connectivity index (χ4v) is 0.547. The van der Waals surface area contributed by atoms with Gasteiger partial charge in [0.1, 0.15) is 0 Å². The molecule has 0 bridgehead atoms. The number of rotatable bonds is 5. The summed E-state index contributed by atoms with van der Waals surface area (Å²) in [6.07, 6.45) is 7.54. The van der Waals surface area contributed by atoms with Gasteiger partial charge in [-0.2, -0.15) is 0 Å². The topological polar surface area (TPSA) is 12.0 Å². The molecule has 0 spiro atoms. The van der Waals surface area contributed by atoms with Crippen LogP contribution in [0.15, 0.2) is 12.3 Å². The van der Waals surface area contributed by atoms with Crippen LogP contribution in [0.2, 0.25) is 0 Å². The van der Waals surface area contributed by atoms with Gasteiger partial charge < -0.3 is 5.32 Å². The summed E-state index contributed by atoms with van der Waals surface area (Å²) in [5.74, 6) is 0. The minimum atomic E-state index is 1.01. The van der Waals surface area contributed by atoms with E-state index in [1.807, 2.05) is 6.20 Å². The van der Waals surface area contributed by atoms with Gasteiger partial charge in [0, 0.05) is 6.54 Å². The maximum Gasteiger partial charge on any atom is 0.0112 e. The normalized spacial score (nSPS) is 10.4. The van der Waals surface area contributed by atoms with Crippen molar-refractivity contribution in [3.05, 3.63) is 19.2 Å². The molecule has 0 saturated carbocycles. The molecule has 0 heterocycles. The van der Waals surface area contributed by atoms with E-state index in [0.717, 1.165) is 19.4 Å². The quantitative estimate of drug-likeness (QED) is 0.556. The fraction of sp³-hybridized carbons (Fsp3) is 0.625. The molecule has 0 saturated heterocycles. The van der Waals surface area contributed by atoms with Gasteiger partial charge in [-0.25, -0.2) is 0 Å². The molecule has 0 rings (SSSR count). The first-order valence-corrected chi connectivity index (χ1v) is 3.59. The number of allylic oxidation sites excluding steroid dienone is 1. The van der Waals surface area contributed by atoms with Crippen molar-refractivity contribution >= 4 is 0 Å². The largest absolute Gasteiger partial charge is 0.391 e. The third-order valence-corrected chi connectivity index (χ3v) is 1.06. The Morgan fingerprint density at radius 3 is 2.89 bits per heavy atom. The van der Waals surface area contributed by atoms with E-state index in [9.17, 15) is 0 Å². The number of hydrogen-bond donors (Lipinski definition) is 1. The van der Waals surface area contributed by atoms with E-state index in [2.05, 4.69) is 25.2 Å². The van der Waals surface area contributed by atoms with Crippen molar-refractivity contribution in [3.8, 4) is 0 Å². The Balaban J connectivity index is 2.86. The van der Waals surface area contributed by atoms with E-state index < -0.39 is 0 Å². The molecular formula is C8H16N. The van der Waals surface area contributed by atoms with Gasteiger partial charge in [-0.1, -0.05) is 19.4 Å². The smallest absolute Gasteiger partial charge is 0.0112 e. The van der Waals surface area contributed by atoms with Crippen molar-refractivity contribution in [2.45, 2.75) is 26.2 Å². The molecule has 0 unspecified atom stereocenters. The zero-order valence-corrected chi connectivity index (χ0v) is 6.19. The first-order chi connectivity index (χ1) is 4.41. The highest BCUT2D eigenvalue weighted by Crippen LogP contribution is 1.92. The maximum atomic E-state index is 3.75. The molecule has 0 aliphatic rings. The average molecular weight is 126 g/mol. The molecule has 0 aliphatic carbocycles. The zero-order chi connectivity index (χ0) is 6.95. The summed E-state index contributed by atoms with van der Waals surface area (Å²) in [4.78, 5) is 0. The summed E-state index contributed by atoms with van der Waals surface area (Å²) in [5.41, 5.74) is 0. The monoisotopic (exact) mass is 126 g/mol. The van der Waals surface area contributed by atoms with Gasteiger partial charge in [0.05, 0.1) is 0 Å². The predicted octanol–water partition coefficient (Wildman–Crippen LogP) is 2.11. The lowest BCUT2D eigenvalue weighted by Crippen LogP contribution is -2.00. The minimum absolute atomic E-state index is 1.01. The van der Waals surface area contributed by atoms with Gasteiger partial charge in [-0.05, 0) is 26.0 Å². The average Bonchev–Trinajstić information content (AvgIpc) is 1.89. The zero-order valence-electron chi connectivity index (χ0n) is 6.19. The highest BCUT2D eigenvalue weighted by atomic mass is 14.8. The third kappa shape index (κ3) is 7.54. The van der Waals surface area contributed by atoms with Crippen molar-refractivity contribution in [3.63, 3.8) is 0 Å². The molecule has 53 valence electrons. The molecular weight excluding hydrogens is 110 g/mol. The highest BCUT2D eigenvalue weighted by molar-refractivity contribution is 4.78. The summed E-state index contributed by atoms with van der Waals surface area (Å²) < 4.78 is 0. The first kappa shape index (κ1) is 8.54. The molecule has 0 aromatic rings. The van der Waals surface area contributed by atoms with E-state index in [1.165, 1.54) is 6.42 Å². The second-order valence-electron chi connectivity index (χ2n) is 1.96. The number of nitrogens with one attached hydrogen (secondary N) is 1. The van der Waals surface area contributed by atoms with Crippen LogP contribution < -0.4 is 5.32 Å². The van der Waals surface area contributed by atoms with E-state index in [-0.39, 0.29) is 0 Å². The summed E-state index contributed by atoms with van der Waals surface area (Å²) in [5, 5.41) is 3.11. The second kappa shape index (κ2) is 7.54. The molecule has 0 amide bonds. The Hall–Kier alpha value is -0.460. The van der Waals surface area contributed by atoms with Crippen LogP contribution >= 0.6 is 0 Å². The third-order valence-electron chi connectivity index (χ3n) is 1.06. The van der Waals surface area contributed by atoms with Crippen LogP contribution in [0.5, 0.6) is 0 Å². The summed E-state index contributed by atoms with van der Waals surface area (Å²) >= 11 is 0. The Bertz CT molecular complexity index is 67.0. The Labute approximate surface area is 58.2 Å². The van der Waals surface area contributed by atoms with E-state index >= 15 is 0 Å². The van der Waals surface area contributed by atoms with Crippen LogP contribution in [0, 0.1) is 6.92 Å². The van der Waals surface area contributed by atoms with Crippen molar-refractivity contribution in [2.75, 3.05) is 6.54 Å². The van der Waals surface area contributed by atoms with Gasteiger partial charge in [0.2, 0.25) is 0 Å². The van der Waals surface area contributed by atoms with Crippen LogP contribution in [0.3, 0.4) is 0 Å². The van der Waals surface area contributed by atoms with Gasteiger partial charge in [0.25, 0.3) is 0 Å². The van der Waals surface area contributed by atoms with Crippen LogP contribution in [-0.4, -0.2) is 6.54 Å². The number of hydrogen-bond acceptors (Lipinski definition) is 1. The molecule has 0 atom stereocenters. The summed E-state index contributed by atoms with van der Waals surface area (Å²) in [7, 11) is 0. The lowest BCUT2D eigenvalue weighted by molar-refractivity contribution is 0.848.